The molecule has 148 valence electrons. The Labute approximate surface area is 170 Å². The normalized spacial score (nSPS) is 13.1. The summed E-state index contributed by atoms with van der Waals surface area (Å²) in [5, 5.41) is 11.2. The minimum Gasteiger partial charge on any atom is -0.385 e. The SMILES string of the molecule is O=C(NCCCNc1ccccc1)c1cc2ccccc2cc1NC(=O)C1CC1. The van der Waals surface area contributed by atoms with Gasteiger partial charge in [0.15, 0.2) is 0 Å². The molecular formula is C24H25N3O2. The third-order valence-corrected chi connectivity index (χ3v) is 5.08. The zero-order chi connectivity index (χ0) is 20.1. The lowest BCUT2D eigenvalue weighted by Gasteiger charge is -2.13. The summed E-state index contributed by atoms with van der Waals surface area (Å²) in [7, 11) is 0. The van der Waals surface area contributed by atoms with Crippen LogP contribution >= 0.6 is 0 Å². The van der Waals surface area contributed by atoms with Gasteiger partial charge in [0.25, 0.3) is 5.91 Å². The van der Waals surface area contributed by atoms with Crippen LogP contribution in [0.3, 0.4) is 0 Å². The molecule has 0 atom stereocenters. The number of benzene rings is 3. The van der Waals surface area contributed by atoms with Crippen LogP contribution in [0.1, 0.15) is 29.6 Å². The van der Waals surface area contributed by atoms with Gasteiger partial charge in [-0.3, -0.25) is 9.59 Å². The number of amides is 2. The molecule has 1 aliphatic carbocycles. The Morgan fingerprint density at radius 1 is 0.862 bits per heavy atom. The van der Waals surface area contributed by atoms with Gasteiger partial charge in [-0.1, -0.05) is 42.5 Å². The molecule has 0 saturated heterocycles. The van der Waals surface area contributed by atoms with E-state index in [9.17, 15) is 9.59 Å². The first-order valence-electron chi connectivity index (χ1n) is 10.1. The maximum Gasteiger partial charge on any atom is 0.253 e. The molecular weight excluding hydrogens is 362 g/mol. The smallest absolute Gasteiger partial charge is 0.253 e. The number of carbonyl (C=O) groups excluding carboxylic acids is 2. The Morgan fingerprint density at radius 3 is 2.28 bits per heavy atom. The molecule has 0 radical (unpaired) electrons. The highest BCUT2D eigenvalue weighted by Crippen LogP contribution is 2.32. The average Bonchev–Trinajstić information content (AvgIpc) is 3.59. The number of carbonyl (C=O) groups is 2. The van der Waals surface area contributed by atoms with Gasteiger partial charge < -0.3 is 16.0 Å². The predicted octanol–water partition coefficient (Wildman–Crippen LogP) is 4.42. The van der Waals surface area contributed by atoms with Crippen LogP contribution in [-0.4, -0.2) is 24.9 Å². The Bertz CT molecular complexity index is 1010. The third kappa shape index (κ3) is 4.93. The highest BCUT2D eigenvalue weighted by atomic mass is 16.2. The highest BCUT2D eigenvalue weighted by Gasteiger charge is 2.30. The van der Waals surface area contributed by atoms with Gasteiger partial charge >= 0.3 is 0 Å². The van der Waals surface area contributed by atoms with E-state index >= 15 is 0 Å². The summed E-state index contributed by atoms with van der Waals surface area (Å²) in [6.07, 6.45) is 2.66. The fraction of sp³-hybridized carbons (Fsp3) is 0.250. The second-order valence-corrected chi connectivity index (χ2v) is 7.41. The van der Waals surface area contributed by atoms with Gasteiger partial charge in [0, 0.05) is 24.7 Å². The predicted molar refractivity (Wildman–Crippen MR) is 117 cm³/mol. The van der Waals surface area contributed by atoms with E-state index in [1.54, 1.807) is 0 Å². The molecule has 3 aromatic rings. The Balaban J connectivity index is 1.40. The number of hydrogen-bond acceptors (Lipinski definition) is 3. The minimum absolute atomic E-state index is 0.00129. The van der Waals surface area contributed by atoms with E-state index in [4.69, 9.17) is 0 Å². The number of anilines is 2. The van der Waals surface area contributed by atoms with Crippen molar-refractivity contribution in [1.82, 2.24) is 5.32 Å². The molecule has 1 saturated carbocycles. The zero-order valence-corrected chi connectivity index (χ0v) is 16.3. The van der Waals surface area contributed by atoms with Crippen molar-refractivity contribution in [1.29, 1.82) is 0 Å². The van der Waals surface area contributed by atoms with E-state index < -0.39 is 0 Å². The largest absolute Gasteiger partial charge is 0.385 e. The van der Waals surface area contributed by atoms with Crippen LogP contribution in [0.25, 0.3) is 10.8 Å². The molecule has 1 fully saturated rings. The number of nitrogens with one attached hydrogen (secondary N) is 3. The molecule has 3 aromatic carbocycles. The molecule has 2 amide bonds. The van der Waals surface area contributed by atoms with Crippen molar-refractivity contribution in [3.63, 3.8) is 0 Å². The number of hydrogen-bond donors (Lipinski definition) is 3. The topological polar surface area (TPSA) is 70.2 Å². The maximum absolute atomic E-state index is 12.8. The number of rotatable bonds is 8. The Morgan fingerprint density at radius 2 is 1.55 bits per heavy atom. The van der Waals surface area contributed by atoms with E-state index in [1.807, 2.05) is 66.7 Å². The molecule has 5 nitrogen and oxygen atoms in total. The highest BCUT2D eigenvalue weighted by molar-refractivity contribution is 6.08. The maximum atomic E-state index is 12.8. The number of fused-ring (bicyclic) bond motifs is 1. The molecule has 0 aliphatic heterocycles. The summed E-state index contributed by atoms with van der Waals surface area (Å²) < 4.78 is 0. The van der Waals surface area contributed by atoms with Crippen LogP contribution in [0.5, 0.6) is 0 Å². The van der Waals surface area contributed by atoms with Crippen molar-refractivity contribution >= 4 is 34.0 Å². The zero-order valence-electron chi connectivity index (χ0n) is 16.3. The number of para-hydroxylation sites is 1. The van der Waals surface area contributed by atoms with Gasteiger partial charge in [-0.2, -0.15) is 0 Å². The van der Waals surface area contributed by atoms with Crippen LogP contribution in [-0.2, 0) is 4.79 Å². The fourth-order valence-electron chi connectivity index (χ4n) is 3.29. The van der Waals surface area contributed by atoms with Crippen molar-refractivity contribution in [3.05, 3.63) is 72.3 Å². The van der Waals surface area contributed by atoms with Gasteiger partial charge in [0.1, 0.15) is 0 Å². The van der Waals surface area contributed by atoms with Crippen molar-refractivity contribution in [3.8, 4) is 0 Å². The molecule has 4 rings (SSSR count). The van der Waals surface area contributed by atoms with Gasteiger partial charge in [-0.15, -0.1) is 0 Å². The molecule has 1 aliphatic rings. The van der Waals surface area contributed by atoms with Crippen LogP contribution < -0.4 is 16.0 Å². The van der Waals surface area contributed by atoms with Gasteiger partial charge in [-0.05, 0) is 54.3 Å². The van der Waals surface area contributed by atoms with Gasteiger partial charge in [-0.25, -0.2) is 0 Å². The minimum atomic E-state index is -0.165. The standard InChI is InChI=1S/C24H25N3O2/c28-23(17-11-12-17)27-22-16-19-8-5-4-7-18(19)15-21(22)24(29)26-14-6-13-25-20-9-2-1-3-10-20/h1-5,7-10,15-17,25H,6,11-14H2,(H,26,29)(H,27,28). The molecule has 29 heavy (non-hydrogen) atoms. The lowest BCUT2D eigenvalue weighted by Crippen LogP contribution is -2.27. The molecule has 5 heteroatoms. The monoisotopic (exact) mass is 387 g/mol. The van der Waals surface area contributed by atoms with E-state index in [2.05, 4.69) is 16.0 Å². The van der Waals surface area contributed by atoms with Gasteiger partial charge in [0.05, 0.1) is 11.3 Å². The second kappa shape index (κ2) is 8.78. The lowest BCUT2D eigenvalue weighted by atomic mass is 10.0. The third-order valence-electron chi connectivity index (χ3n) is 5.08. The van der Waals surface area contributed by atoms with Crippen molar-refractivity contribution in [2.75, 3.05) is 23.7 Å². The molecule has 3 N–H and O–H groups in total. The van der Waals surface area contributed by atoms with Crippen LogP contribution in [0.4, 0.5) is 11.4 Å². The summed E-state index contributed by atoms with van der Waals surface area (Å²) >= 11 is 0. The first-order valence-corrected chi connectivity index (χ1v) is 10.1. The molecule has 0 unspecified atom stereocenters. The summed E-state index contributed by atoms with van der Waals surface area (Å²) in [5.74, 6) is -0.0793. The summed E-state index contributed by atoms with van der Waals surface area (Å²) in [5.41, 5.74) is 2.16. The van der Waals surface area contributed by atoms with E-state index in [0.29, 0.717) is 17.8 Å². The van der Waals surface area contributed by atoms with Crippen molar-refractivity contribution in [2.24, 2.45) is 5.92 Å². The van der Waals surface area contributed by atoms with Crippen molar-refractivity contribution in [2.45, 2.75) is 19.3 Å². The van der Waals surface area contributed by atoms with E-state index in [1.165, 1.54) is 0 Å². The first kappa shape index (κ1) is 19.0. The summed E-state index contributed by atoms with van der Waals surface area (Å²) in [6.45, 7) is 1.33. The fourth-order valence-corrected chi connectivity index (χ4v) is 3.29. The Hall–Kier alpha value is -3.34. The van der Waals surface area contributed by atoms with E-state index in [-0.39, 0.29) is 17.7 Å². The molecule has 0 spiro atoms. The summed E-state index contributed by atoms with van der Waals surface area (Å²) in [4.78, 5) is 25.1. The van der Waals surface area contributed by atoms with Crippen molar-refractivity contribution < 1.29 is 9.59 Å². The molecule has 0 bridgehead atoms. The van der Waals surface area contributed by atoms with Crippen LogP contribution in [0.15, 0.2) is 66.7 Å². The van der Waals surface area contributed by atoms with Gasteiger partial charge in [0.2, 0.25) is 5.91 Å². The van der Waals surface area contributed by atoms with Crippen LogP contribution in [0, 0.1) is 5.92 Å². The first-order chi connectivity index (χ1) is 14.2. The average molecular weight is 387 g/mol. The molecule has 0 heterocycles. The Kier molecular flexibility index (Phi) is 5.75. The second-order valence-electron chi connectivity index (χ2n) is 7.41. The molecule has 0 aromatic heterocycles. The van der Waals surface area contributed by atoms with Crippen LogP contribution in [0.2, 0.25) is 0 Å². The quantitative estimate of drug-likeness (QED) is 0.501. The van der Waals surface area contributed by atoms with E-state index in [0.717, 1.165) is 42.3 Å². The lowest BCUT2D eigenvalue weighted by molar-refractivity contribution is -0.117. The summed E-state index contributed by atoms with van der Waals surface area (Å²) in [6, 6.07) is 21.6.